The van der Waals surface area contributed by atoms with Gasteiger partial charge in [-0.3, -0.25) is 19.3 Å². The molecule has 0 unspecified atom stereocenters. The average molecular weight is 477 g/mol. The van der Waals surface area contributed by atoms with Crippen molar-refractivity contribution in [2.75, 3.05) is 12.4 Å². The average Bonchev–Trinajstić information content (AvgIpc) is 3.29. The molecule has 9 nitrogen and oxygen atoms in total. The molecule has 2 amide bonds. The zero-order chi connectivity index (χ0) is 24.9. The van der Waals surface area contributed by atoms with Crippen LogP contribution in [0.15, 0.2) is 42.9 Å². The topological polar surface area (TPSA) is 111 Å². The van der Waals surface area contributed by atoms with E-state index in [2.05, 4.69) is 32.6 Å². The fraction of sp³-hybridized carbons (Fsp3) is 0.423. The maximum Gasteiger partial charge on any atom is 0.270 e. The summed E-state index contributed by atoms with van der Waals surface area (Å²) >= 11 is 0. The number of amides is 2. The summed E-state index contributed by atoms with van der Waals surface area (Å²) in [5, 5.41) is 9.93. The van der Waals surface area contributed by atoms with E-state index < -0.39 is 6.04 Å². The second-order valence-electron chi connectivity index (χ2n) is 9.21. The van der Waals surface area contributed by atoms with Gasteiger partial charge in [0.15, 0.2) is 0 Å². The van der Waals surface area contributed by atoms with Gasteiger partial charge in [-0.2, -0.15) is 5.10 Å². The Hall–Kier alpha value is -3.75. The molecule has 0 bridgehead atoms. The highest BCUT2D eigenvalue weighted by Gasteiger charge is 2.33. The van der Waals surface area contributed by atoms with Gasteiger partial charge < -0.3 is 15.4 Å². The number of hydrogen-bond donors (Lipinski definition) is 2. The third-order valence-corrected chi connectivity index (χ3v) is 6.77. The molecule has 184 valence electrons. The van der Waals surface area contributed by atoms with Crippen molar-refractivity contribution >= 4 is 17.6 Å². The van der Waals surface area contributed by atoms with Crippen molar-refractivity contribution in [3.05, 3.63) is 54.2 Å². The highest BCUT2D eigenvalue weighted by atomic mass is 16.5. The molecule has 3 aromatic heterocycles. The molecule has 4 rings (SSSR count). The van der Waals surface area contributed by atoms with Gasteiger partial charge in [-0.25, -0.2) is 4.98 Å². The monoisotopic (exact) mass is 476 g/mol. The van der Waals surface area contributed by atoms with Crippen LogP contribution in [-0.4, -0.2) is 44.7 Å². The predicted molar refractivity (Wildman–Crippen MR) is 133 cm³/mol. The van der Waals surface area contributed by atoms with Crippen LogP contribution in [0.5, 0.6) is 5.75 Å². The van der Waals surface area contributed by atoms with Crippen molar-refractivity contribution in [2.24, 2.45) is 18.9 Å². The highest BCUT2D eigenvalue weighted by molar-refractivity contribution is 6.00. The van der Waals surface area contributed by atoms with Crippen LogP contribution < -0.4 is 15.4 Å². The van der Waals surface area contributed by atoms with Crippen molar-refractivity contribution < 1.29 is 14.3 Å². The highest BCUT2D eigenvalue weighted by Crippen LogP contribution is 2.32. The molecule has 35 heavy (non-hydrogen) atoms. The number of hydrogen-bond acceptors (Lipinski definition) is 6. The number of anilines is 1. The summed E-state index contributed by atoms with van der Waals surface area (Å²) in [5.74, 6) is 1.23. The molecule has 0 aliphatic heterocycles. The second-order valence-corrected chi connectivity index (χ2v) is 9.21. The van der Waals surface area contributed by atoms with Crippen molar-refractivity contribution in [3.63, 3.8) is 0 Å². The molecule has 9 heteroatoms. The molecular weight excluding hydrogens is 444 g/mol. The van der Waals surface area contributed by atoms with E-state index >= 15 is 0 Å². The Kier molecular flexibility index (Phi) is 7.43. The molecule has 3 aromatic rings. The van der Waals surface area contributed by atoms with E-state index in [0.29, 0.717) is 23.2 Å². The summed E-state index contributed by atoms with van der Waals surface area (Å²) < 4.78 is 7.00. The quantitative estimate of drug-likeness (QED) is 0.537. The van der Waals surface area contributed by atoms with Crippen molar-refractivity contribution in [2.45, 2.75) is 45.6 Å². The number of carbonyl (C=O) groups is 2. The van der Waals surface area contributed by atoms with Crippen LogP contribution in [0, 0.1) is 18.8 Å². The van der Waals surface area contributed by atoms with Crippen LogP contribution in [0.1, 0.15) is 48.8 Å². The summed E-state index contributed by atoms with van der Waals surface area (Å²) in [4.78, 5) is 35.0. The van der Waals surface area contributed by atoms with Crippen molar-refractivity contribution in [1.82, 2.24) is 25.1 Å². The molecule has 0 spiro atoms. The van der Waals surface area contributed by atoms with E-state index in [9.17, 15) is 9.59 Å². The number of aryl methyl sites for hydroxylation is 2. The minimum atomic E-state index is -0.658. The summed E-state index contributed by atoms with van der Waals surface area (Å²) in [6, 6.07) is 6.49. The lowest BCUT2D eigenvalue weighted by molar-refractivity contribution is -0.119. The van der Waals surface area contributed by atoms with Gasteiger partial charge in [0.1, 0.15) is 23.3 Å². The molecule has 1 atom stereocenters. The largest absolute Gasteiger partial charge is 0.494 e. The Labute approximate surface area is 205 Å². The number of rotatable bonds is 7. The first kappa shape index (κ1) is 24.4. The molecular formula is C26H32N6O3. The van der Waals surface area contributed by atoms with E-state index in [1.165, 1.54) is 4.68 Å². The molecule has 0 aromatic carbocycles. The smallest absolute Gasteiger partial charge is 0.270 e. The number of nitrogens with zero attached hydrogens (tertiary/aromatic N) is 4. The molecule has 1 aliphatic carbocycles. The van der Waals surface area contributed by atoms with Gasteiger partial charge in [-0.15, -0.1) is 0 Å². The summed E-state index contributed by atoms with van der Waals surface area (Å²) in [5.41, 5.74) is 2.93. The Morgan fingerprint density at radius 2 is 1.86 bits per heavy atom. The van der Waals surface area contributed by atoms with E-state index in [1.54, 1.807) is 44.9 Å². The van der Waals surface area contributed by atoms with Gasteiger partial charge in [0.05, 0.1) is 12.8 Å². The SMILES string of the molecule is COc1c(-c2ccc(NC(=O)[C@@H](NC(=O)c3ccnn3C)[C@H]3CC[C@H](C)CC3)nc2)ccnc1C. The number of ether oxygens (including phenoxy) is 1. The molecule has 1 aliphatic rings. The Morgan fingerprint density at radius 3 is 2.49 bits per heavy atom. The van der Waals surface area contributed by atoms with Crippen LogP contribution >= 0.6 is 0 Å². The fourth-order valence-electron chi connectivity index (χ4n) is 4.70. The van der Waals surface area contributed by atoms with Crippen LogP contribution in [0.2, 0.25) is 0 Å². The lowest BCUT2D eigenvalue weighted by Crippen LogP contribution is -2.49. The number of aromatic nitrogens is 4. The van der Waals surface area contributed by atoms with Crippen molar-refractivity contribution in [1.29, 1.82) is 0 Å². The summed E-state index contributed by atoms with van der Waals surface area (Å²) in [6.07, 6.45) is 8.84. The first-order valence-corrected chi connectivity index (χ1v) is 11.9. The Balaban J connectivity index is 1.52. The Bertz CT molecular complexity index is 1180. The number of nitrogens with one attached hydrogen (secondary N) is 2. The Morgan fingerprint density at radius 1 is 1.09 bits per heavy atom. The van der Waals surface area contributed by atoms with Crippen LogP contribution in [-0.2, 0) is 11.8 Å². The van der Waals surface area contributed by atoms with Gasteiger partial charge >= 0.3 is 0 Å². The van der Waals surface area contributed by atoms with E-state index in [0.717, 1.165) is 42.5 Å². The fourth-order valence-corrected chi connectivity index (χ4v) is 4.70. The summed E-state index contributed by atoms with van der Waals surface area (Å²) in [7, 11) is 3.32. The molecule has 1 fully saturated rings. The zero-order valence-electron chi connectivity index (χ0n) is 20.6. The van der Waals surface area contributed by atoms with E-state index in [1.807, 2.05) is 19.1 Å². The van der Waals surface area contributed by atoms with Crippen LogP contribution in [0.25, 0.3) is 11.1 Å². The van der Waals surface area contributed by atoms with Gasteiger partial charge in [-0.1, -0.05) is 19.8 Å². The summed E-state index contributed by atoms with van der Waals surface area (Å²) in [6.45, 7) is 4.11. The third-order valence-electron chi connectivity index (χ3n) is 6.77. The van der Waals surface area contributed by atoms with Gasteiger partial charge in [0, 0.05) is 36.8 Å². The normalized spacial score (nSPS) is 18.5. The first-order valence-electron chi connectivity index (χ1n) is 11.9. The number of pyridine rings is 2. The molecule has 1 saturated carbocycles. The molecule has 0 radical (unpaired) electrons. The van der Waals surface area contributed by atoms with E-state index in [-0.39, 0.29) is 17.7 Å². The van der Waals surface area contributed by atoms with Crippen molar-refractivity contribution in [3.8, 4) is 16.9 Å². The lowest BCUT2D eigenvalue weighted by atomic mass is 9.79. The lowest BCUT2D eigenvalue weighted by Gasteiger charge is -2.32. The zero-order valence-corrected chi connectivity index (χ0v) is 20.6. The molecule has 0 saturated heterocycles. The van der Waals surface area contributed by atoms with Gasteiger partial charge in [0.2, 0.25) is 5.91 Å². The third kappa shape index (κ3) is 5.50. The van der Waals surface area contributed by atoms with Gasteiger partial charge in [-0.05, 0) is 55.9 Å². The van der Waals surface area contributed by atoms with E-state index in [4.69, 9.17) is 4.74 Å². The number of carbonyl (C=O) groups excluding carboxylic acids is 2. The maximum atomic E-state index is 13.4. The minimum absolute atomic E-state index is 0.0618. The van der Waals surface area contributed by atoms with Crippen LogP contribution in [0.3, 0.4) is 0 Å². The number of methoxy groups -OCH3 is 1. The maximum absolute atomic E-state index is 13.4. The van der Waals surface area contributed by atoms with Crippen LogP contribution in [0.4, 0.5) is 5.82 Å². The second kappa shape index (κ2) is 10.7. The predicted octanol–water partition coefficient (Wildman–Crippen LogP) is 3.76. The minimum Gasteiger partial charge on any atom is -0.494 e. The molecule has 3 heterocycles. The van der Waals surface area contributed by atoms with Gasteiger partial charge in [0.25, 0.3) is 5.91 Å². The molecule has 2 N–H and O–H groups in total. The standard InChI is InChI=1S/C26H32N6O3/c1-16-5-7-18(8-6-16)23(31-25(33)21-12-14-29-32(21)3)26(34)30-22-10-9-19(15-28-22)20-11-13-27-17(2)24(20)35-4/h9-16,18,23H,5-8H2,1-4H3,(H,31,33)(H,28,30,34)/t16-,18-,23-/m0/s1. The first-order chi connectivity index (χ1) is 16.9.